The molecule has 96 valence electrons. The monoisotopic (exact) mass is 250 g/mol. The van der Waals surface area contributed by atoms with E-state index in [1.165, 1.54) is 0 Å². The van der Waals surface area contributed by atoms with E-state index in [-0.39, 0.29) is 10.9 Å². The number of rotatable bonds is 4. The minimum atomic E-state index is -0.492. The summed E-state index contributed by atoms with van der Waals surface area (Å²) >= 11 is 0. The van der Waals surface area contributed by atoms with Gasteiger partial charge in [-0.3, -0.25) is 0 Å². The fourth-order valence-corrected chi connectivity index (χ4v) is 2.01. The highest BCUT2D eigenvalue weighted by atomic mass is 19.1. The highest BCUT2D eigenvalue weighted by molar-refractivity contribution is 5.83. The van der Waals surface area contributed by atoms with Crippen LogP contribution in [0.4, 0.5) is 14.6 Å². The van der Waals surface area contributed by atoms with Crippen LogP contribution < -0.4 is 5.32 Å². The van der Waals surface area contributed by atoms with Crippen LogP contribution in [0.5, 0.6) is 0 Å². The van der Waals surface area contributed by atoms with Crippen LogP contribution in [-0.2, 0) is 6.42 Å². The maximum absolute atomic E-state index is 13.7. The number of pyridine rings is 1. The topological polar surface area (TPSA) is 24.9 Å². The van der Waals surface area contributed by atoms with Crippen molar-refractivity contribution in [3.63, 3.8) is 0 Å². The van der Waals surface area contributed by atoms with Crippen molar-refractivity contribution in [2.45, 2.75) is 26.7 Å². The predicted octanol–water partition coefficient (Wildman–Crippen LogP) is 3.90. The van der Waals surface area contributed by atoms with Crippen molar-refractivity contribution in [3.05, 3.63) is 35.4 Å². The molecule has 4 heteroatoms. The minimum Gasteiger partial charge on any atom is -0.370 e. The molecule has 0 aliphatic rings. The Labute approximate surface area is 105 Å². The number of anilines is 1. The summed E-state index contributed by atoms with van der Waals surface area (Å²) in [6, 6.07) is 3.95. The molecule has 18 heavy (non-hydrogen) atoms. The van der Waals surface area contributed by atoms with E-state index >= 15 is 0 Å². The molecule has 0 amide bonds. The van der Waals surface area contributed by atoms with Crippen molar-refractivity contribution < 1.29 is 8.78 Å². The van der Waals surface area contributed by atoms with Gasteiger partial charge in [-0.1, -0.05) is 13.3 Å². The van der Waals surface area contributed by atoms with Gasteiger partial charge in [0.1, 0.15) is 23.0 Å². The van der Waals surface area contributed by atoms with E-state index in [4.69, 9.17) is 0 Å². The van der Waals surface area contributed by atoms with Gasteiger partial charge in [0.05, 0.1) is 0 Å². The summed E-state index contributed by atoms with van der Waals surface area (Å²) in [6.07, 6.45) is 1.73. The van der Waals surface area contributed by atoms with E-state index in [1.54, 1.807) is 6.07 Å². The third-order valence-electron chi connectivity index (χ3n) is 2.82. The quantitative estimate of drug-likeness (QED) is 0.890. The largest absolute Gasteiger partial charge is 0.370 e. The van der Waals surface area contributed by atoms with Crippen LogP contribution in [0.2, 0.25) is 0 Å². The lowest BCUT2D eigenvalue weighted by Crippen LogP contribution is -2.05. The van der Waals surface area contributed by atoms with Crippen molar-refractivity contribution in [1.82, 2.24) is 4.98 Å². The van der Waals surface area contributed by atoms with E-state index in [1.807, 2.05) is 13.8 Å². The third kappa shape index (κ3) is 2.28. The molecule has 0 atom stereocenters. The van der Waals surface area contributed by atoms with Gasteiger partial charge in [0.25, 0.3) is 0 Å². The Hall–Kier alpha value is -1.71. The molecule has 1 heterocycles. The van der Waals surface area contributed by atoms with Gasteiger partial charge in [-0.25, -0.2) is 13.8 Å². The number of halogens is 2. The number of hydrogen-bond acceptors (Lipinski definition) is 2. The Bertz CT molecular complexity index is 517. The van der Waals surface area contributed by atoms with E-state index in [2.05, 4.69) is 10.3 Å². The van der Waals surface area contributed by atoms with Crippen molar-refractivity contribution >= 4 is 16.7 Å². The van der Waals surface area contributed by atoms with Crippen LogP contribution in [0.3, 0.4) is 0 Å². The maximum atomic E-state index is 13.7. The van der Waals surface area contributed by atoms with Crippen LogP contribution in [0, 0.1) is 11.6 Å². The zero-order chi connectivity index (χ0) is 13.1. The zero-order valence-electron chi connectivity index (χ0n) is 10.6. The lowest BCUT2D eigenvalue weighted by molar-refractivity contribution is 0.615. The van der Waals surface area contributed by atoms with Crippen LogP contribution >= 0.6 is 0 Å². The second-order valence-electron chi connectivity index (χ2n) is 4.20. The molecule has 0 saturated heterocycles. The molecule has 2 rings (SSSR count). The van der Waals surface area contributed by atoms with Gasteiger partial charge >= 0.3 is 0 Å². The standard InChI is InChI=1S/C14H16F2N2/c1-3-5-9-8-10-11(15)6-7-12(16)13(10)18-14(9)17-4-2/h6-8H,3-5H2,1-2H3,(H,17,18). The lowest BCUT2D eigenvalue weighted by atomic mass is 10.1. The second kappa shape index (κ2) is 5.29. The Balaban J connectivity index is 2.67. The van der Waals surface area contributed by atoms with Crippen LogP contribution in [0.25, 0.3) is 10.9 Å². The number of aryl methyl sites for hydroxylation is 1. The highest BCUT2D eigenvalue weighted by Gasteiger charge is 2.12. The fourth-order valence-electron chi connectivity index (χ4n) is 2.01. The first-order valence-corrected chi connectivity index (χ1v) is 6.18. The molecule has 0 aliphatic heterocycles. The normalized spacial score (nSPS) is 10.9. The minimum absolute atomic E-state index is 0.0887. The molecule has 0 radical (unpaired) electrons. The number of benzene rings is 1. The molecule has 1 N–H and O–H groups in total. The summed E-state index contributed by atoms with van der Waals surface area (Å²) < 4.78 is 27.3. The molecule has 0 bridgehead atoms. The molecule has 0 spiro atoms. The molecule has 2 aromatic rings. The molecule has 1 aromatic heterocycles. The van der Waals surface area contributed by atoms with Crippen LogP contribution in [-0.4, -0.2) is 11.5 Å². The van der Waals surface area contributed by atoms with Gasteiger partial charge in [0.2, 0.25) is 0 Å². The van der Waals surface area contributed by atoms with Gasteiger partial charge in [-0.2, -0.15) is 0 Å². The van der Waals surface area contributed by atoms with Gasteiger partial charge in [0.15, 0.2) is 0 Å². The van der Waals surface area contributed by atoms with Crippen LogP contribution in [0.15, 0.2) is 18.2 Å². The summed E-state index contributed by atoms with van der Waals surface area (Å²) in [5, 5.41) is 3.35. The van der Waals surface area contributed by atoms with E-state index in [9.17, 15) is 8.78 Å². The average molecular weight is 250 g/mol. The summed E-state index contributed by atoms with van der Waals surface area (Å²) in [5.41, 5.74) is 1.02. The first-order valence-electron chi connectivity index (χ1n) is 6.18. The van der Waals surface area contributed by atoms with Crippen molar-refractivity contribution in [2.75, 3.05) is 11.9 Å². The molecular formula is C14H16F2N2. The van der Waals surface area contributed by atoms with Gasteiger partial charge in [0, 0.05) is 11.9 Å². The molecular weight excluding hydrogens is 234 g/mol. The number of fused-ring (bicyclic) bond motifs is 1. The summed E-state index contributed by atoms with van der Waals surface area (Å²) in [6.45, 7) is 4.69. The highest BCUT2D eigenvalue weighted by Crippen LogP contribution is 2.25. The van der Waals surface area contributed by atoms with Gasteiger partial charge in [-0.05, 0) is 37.1 Å². The SMILES string of the molecule is CCCc1cc2c(F)ccc(F)c2nc1NCC. The molecule has 1 aromatic carbocycles. The zero-order valence-corrected chi connectivity index (χ0v) is 10.6. The van der Waals surface area contributed by atoms with Gasteiger partial charge < -0.3 is 5.32 Å². The molecule has 0 fully saturated rings. The number of nitrogens with zero attached hydrogens (tertiary/aromatic N) is 1. The Kier molecular flexibility index (Phi) is 3.75. The Morgan fingerprint density at radius 1 is 1.17 bits per heavy atom. The van der Waals surface area contributed by atoms with Gasteiger partial charge in [-0.15, -0.1) is 0 Å². The number of hydrogen-bond donors (Lipinski definition) is 1. The first kappa shape index (κ1) is 12.7. The van der Waals surface area contributed by atoms with E-state index < -0.39 is 11.6 Å². The lowest BCUT2D eigenvalue weighted by Gasteiger charge is -2.11. The number of nitrogens with one attached hydrogen (secondary N) is 1. The maximum Gasteiger partial charge on any atom is 0.149 e. The molecule has 2 nitrogen and oxygen atoms in total. The van der Waals surface area contributed by atoms with E-state index in [0.29, 0.717) is 12.4 Å². The molecule has 0 unspecified atom stereocenters. The first-order chi connectivity index (χ1) is 8.67. The fraction of sp³-hybridized carbons (Fsp3) is 0.357. The second-order valence-corrected chi connectivity index (χ2v) is 4.20. The summed E-state index contributed by atoms with van der Waals surface area (Å²) in [4.78, 5) is 4.22. The smallest absolute Gasteiger partial charge is 0.149 e. The average Bonchev–Trinajstić information content (AvgIpc) is 2.36. The van der Waals surface area contributed by atoms with Crippen molar-refractivity contribution in [3.8, 4) is 0 Å². The summed E-state index contributed by atoms with van der Waals surface area (Å²) in [7, 11) is 0. The third-order valence-corrected chi connectivity index (χ3v) is 2.82. The van der Waals surface area contributed by atoms with Crippen LogP contribution in [0.1, 0.15) is 25.8 Å². The molecule has 0 saturated carbocycles. The van der Waals surface area contributed by atoms with Crippen molar-refractivity contribution in [2.24, 2.45) is 0 Å². The Morgan fingerprint density at radius 3 is 2.56 bits per heavy atom. The van der Waals surface area contributed by atoms with E-state index in [0.717, 1.165) is 30.5 Å². The summed E-state index contributed by atoms with van der Waals surface area (Å²) in [5.74, 6) is -0.274. The Morgan fingerprint density at radius 2 is 1.89 bits per heavy atom. The molecule has 0 aliphatic carbocycles. The number of aromatic nitrogens is 1. The predicted molar refractivity (Wildman–Crippen MR) is 69.8 cm³/mol. The van der Waals surface area contributed by atoms with Crippen molar-refractivity contribution in [1.29, 1.82) is 0 Å².